The van der Waals surface area contributed by atoms with Crippen LogP contribution < -0.4 is 4.90 Å². The van der Waals surface area contributed by atoms with Gasteiger partial charge in [-0.05, 0) is 57.6 Å². The van der Waals surface area contributed by atoms with Crippen LogP contribution in [0.4, 0.5) is 10.6 Å². The van der Waals surface area contributed by atoms with Crippen LogP contribution in [0.3, 0.4) is 0 Å². The SMILES string of the molecule is CC1CCCN(c2nc(Cl)nc3c2CCN(C(=O)OC(C)(C)C)C3)C1. The molecule has 0 radical (unpaired) electrons. The van der Waals surface area contributed by atoms with Crippen LogP contribution in [-0.4, -0.2) is 46.2 Å². The van der Waals surface area contributed by atoms with Crippen molar-refractivity contribution in [3.05, 3.63) is 16.5 Å². The molecule has 2 aliphatic rings. The van der Waals surface area contributed by atoms with Crippen molar-refractivity contribution < 1.29 is 9.53 Å². The molecule has 0 spiro atoms. The van der Waals surface area contributed by atoms with E-state index < -0.39 is 5.60 Å². The summed E-state index contributed by atoms with van der Waals surface area (Å²) >= 11 is 6.19. The van der Waals surface area contributed by atoms with Crippen LogP contribution in [0, 0.1) is 5.92 Å². The molecule has 1 aromatic heterocycles. The van der Waals surface area contributed by atoms with E-state index in [-0.39, 0.29) is 11.4 Å². The van der Waals surface area contributed by atoms with Crippen LogP contribution >= 0.6 is 11.6 Å². The number of amides is 1. The number of hydrogen-bond acceptors (Lipinski definition) is 5. The van der Waals surface area contributed by atoms with Crippen molar-refractivity contribution in [1.29, 1.82) is 0 Å². The van der Waals surface area contributed by atoms with Crippen molar-refractivity contribution in [3.8, 4) is 0 Å². The predicted molar refractivity (Wildman–Crippen MR) is 98.0 cm³/mol. The van der Waals surface area contributed by atoms with E-state index in [4.69, 9.17) is 16.3 Å². The van der Waals surface area contributed by atoms with Crippen molar-refractivity contribution >= 4 is 23.5 Å². The fourth-order valence-corrected chi connectivity index (χ4v) is 3.69. The van der Waals surface area contributed by atoms with Gasteiger partial charge in [-0.1, -0.05) is 6.92 Å². The van der Waals surface area contributed by atoms with Gasteiger partial charge >= 0.3 is 6.09 Å². The highest BCUT2D eigenvalue weighted by Gasteiger charge is 2.30. The first-order valence-corrected chi connectivity index (χ1v) is 9.39. The summed E-state index contributed by atoms with van der Waals surface area (Å²) in [5.74, 6) is 1.60. The van der Waals surface area contributed by atoms with Gasteiger partial charge in [0.2, 0.25) is 5.28 Å². The third kappa shape index (κ3) is 4.35. The Morgan fingerprint density at radius 1 is 1.28 bits per heavy atom. The van der Waals surface area contributed by atoms with Crippen LogP contribution in [0.25, 0.3) is 0 Å². The topological polar surface area (TPSA) is 58.6 Å². The standard InChI is InChI=1S/C18H27ClN4O2/c1-12-6-5-8-22(10-12)15-13-7-9-23(17(24)25-18(2,3)4)11-14(13)20-16(19)21-15/h12H,5-11H2,1-4H3. The van der Waals surface area contributed by atoms with Gasteiger partial charge in [-0.25, -0.2) is 14.8 Å². The van der Waals surface area contributed by atoms with Gasteiger partial charge in [0.25, 0.3) is 0 Å². The summed E-state index contributed by atoms with van der Waals surface area (Å²) in [4.78, 5) is 25.3. The van der Waals surface area contributed by atoms with E-state index in [0.717, 1.165) is 36.6 Å². The Morgan fingerprint density at radius 3 is 2.72 bits per heavy atom. The van der Waals surface area contributed by atoms with Gasteiger partial charge < -0.3 is 14.5 Å². The van der Waals surface area contributed by atoms with E-state index in [1.807, 2.05) is 20.8 Å². The first kappa shape index (κ1) is 18.2. The largest absolute Gasteiger partial charge is 0.444 e. The number of ether oxygens (including phenoxy) is 1. The van der Waals surface area contributed by atoms with Gasteiger partial charge in [0.15, 0.2) is 0 Å². The minimum absolute atomic E-state index is 0.248. The monoisotopic (exact) mass is 366 g/mol. The molecule has 1 atom stereocenters. The third-order valence-electron chi connectivity index (χ3n) is 4.62. The number of hydrogen-bond donors (Lipinski definition) is 0. The minimum atomic E-state index is -0.504. The number of carbonyl (C=O) groups excluding carboxylic acids is 1. The first-order valence-electron chi connectivity index (χ1n) is 9.01. The summed E-state index contributed by atoms with van der Waals surface area (Å²) < 4.78 is 5.48. The Morgan fingerprint density at radius 2 is 2.04 bits per heavy atom. The van der Waals surface area contributed by atoms with Gasteiger partial charge in [-0.15, -0.1) is 0 Å². The molecular formula is C18H27ClN4O2. The van der Waals surface area contributed by atoms with Crippen LogP contribution in [0.1, 0.15) is 51.8 Å². The highest BCUT2D eigenvalue weighted by molar-refractivity contribution is 6.28. The number of halogens is 1. The fraction of sp³-hybridized carbons (Fsp3) is 0.722. The maximum atomic E-state index is 12.4. The molecule has 2 aliphatic heterocycles. The normalized spacial score (nSPS) is 21.1. The van der Waals surface area contributed by atoms with Crippen LogP contribution in [0.15, 0.2) is 0 Å². The maximum absolute atomic E-state index is 12.4. The molecule has 1 fully saturated rings. The summed E-state index contributed by atoms with van der Waals surface area (Å²) in [7, 11) is 0. The molecule has 1 amide bonds. The summed E-state index contributed by atoms with van der Waals surface area (Å²) in [5.41, 5.74) is 1.46. The van der Waals surface area contributed by atoms with Gasteiger partial charge in [0.1, 0.15) is 11.4 Å². The lowest BCUT2D eigenvalue weighted by Crippen LogP contribution is -2.42. The number of anilines is 1. The summed E-state index contributed by atoms with van der Waals surface area (Å²) in [6.45, 7) is 10.9. The van der Waals surface area contributed by atoms with Crippen molar-refractivity contribution in [2.45, 2.75) is 59.1 Å². The first-order chi connectivity index (χ1) is 11.7. The molecule has 138 valence electrons. The number of piperidine rings is 1. The molecular weight excluding hydrogens is 340 g/mol. The van der Waals surface area contributed by atoms with E-state index in [2.05, 4.69) is 21.8 Å². The second-order valence-corrected chi connectivity index (χ2v) is 8.42. The average molecular weight is 367 g/mol. The van der Waals surface area contributed by atoms with E-state index in [9.17, 15) is 4.79 Å². The molecule has 7 heteroatoms. The lowest BCUT2D eigenvalue weighted by atomic mass is 9.98. The molecule has 3 heterocycles. The minimum Gasteiger partial charge on any atom is -0.444 e. The molecule has 6 nitrogen and oxygen atoms in total. The highest BCUT2D eigenvalue weighted by atomic mass is 35.5. The Labute approximate surface area is 154 Å². The number of rotatable bonds is 1. The lowest BCUT2D eigenvalue weighted by Gasteiger charge is -2.36. The molecule has 0 bridgehead atoms. The van der Waals surface area contributed by atoms with Crippen LogP contribution in [-0.2, 0) is 17.7 Å². The second kappa shape index (κ2) is 6.98. The Balaban J connectivity index is 1.82. The third-order valence-corrected chi connectivity index (χ3v) is 4.79. The number of aromatic nitrogens is 2. The summed E-state index contributed by atoms with van der Waals surface area (Å²) in [5, 5.41) is 0.248. The van der Waals surface area contributed by atoms with Gasteiger partial charge in [0, 0.05) is 25.2 Å². The second-order valence-electron chi connectivity index (χ2n) is 8.09. The summed E-state index contributed by atoms with van der Waals surface area (Å²) in [6, 6.07) is 0. The van der Waals surface area contributed by atoms with Gasteiger partial charge in [-0.2, -0.15) is 0 Å². The molecule has 0 N–H and O–H groups in total. The van der Waals surface area contributed by atoms with E-state index >= 15 is 0 Å². The number of carbonyl (C=O) groups is 1. The molecule has 1 saturated heterocycles. The fourth-order valence-electron chi connectivity index (χ4n) is 3.51. The maximum Gasteiger partial charge on any atom is 0.410 e. The molecule has 1 unspecified atom stereocenters. The average Bonchev–Trinajstić information content (AvgIpc) is 2.51. The zero-order chi connectivity index (χ0) is 18.2. The van der Waals surface area contributed by atoms with Crippen molar-refractivity contribution in [1.82, 2.24) is 14.9 Å². The van der Waals surface area contributed by atoms with Crippen LogP contribution in [0.5, 0.6) is 0 Å². The molecule has 25 heavy (non-hydrogen) atoms. The van der Waals surface area contributed by atoms with Crippen molar-refractivity contribution in [2.75, 3.05) is 24.5 Å². The quantitative estimate of drug-likeness (QED) is 0.710. The smallest absolute Gasteiger partial charge is 0.410 e. The Hall–Kier alpha value is -1.56. The van der Waals surface area contributed by atoms with Gasteiger partial charge in [-0.3, -0.25) is 0 Å². The van der Waals surface area contributed by atoms with E-state index in [0.29, 0.717) is 19.0 Å². The predicted octanol–water partition coefficient (Wildman–Crippen LogP) is 3.66. The zero-order valence-corrected chi connectivity index (χ0v) is 16.3. The Bertz CT molecular complexity index is 659. The molecule has 3 rings (SSSR count). The molecule has 1 aromatic rings. The Kier molecular flexibility index (Phi) is 5.09. The number of fused-ring (bicyclic) bond motifs is 1. The van der Waals surface area contributed by atoms with E-state index in [1.165, 1.54) is 12.8 Å². The highest BCUT2D eigenvalue weighted by Crippen LogP contribution is 2.31. The molecule has 0 aliphatic carbocycles. The molecule has 0 saturated carbocycles. The van der Waals surface area contributed by atoms with E-state index in [1.54, 1.807) is 4.90 Å². The lowest BCUT2D eigenvalue weighted by molar-refractivity contribution is 0.0220. The zero-order valence-electron chi connectivity index (χ0n) is 15.5. The van der Waals surface area contributed by atoms with Crippen molar-refractivity contribution in [3.63, 3.8) is 0 Å². The molecule has 0 aromatic carbocycles. The van der Waals surface area contributed by atoms with Crippen molar-refractivity contribution in [2.24, 2.45) is 5.92 Å². The van der Waals surface area contributed by atoms with Crippen LogP contribution in [0.2, 0.25) is 5.28 Å². The van der Waals surface area contributed by atoms with Gasteiger partial charge in [0.05, 0.1) is 12.2 Å². The summed E-state index contributed by atoms with van der Waals surface area (Å²) in [6.07, 6.45) is 2.85. The number of nitrogens with zero attached hydrogens (tertiary/aromatic N) is 4.